The second-order valence-electron chi connectivity index (χ2n) is 9.61. The van der Waals surface area contributed by atoms with E-state index in [1.165, 1.54) is 0 Å². The van der Waals surface area contributed by atoms with Crippen LogP contribution >= 0.6 is 0 Å². The largest absolute Gasteiger partial charge is 0.454 e. The highest BCUT2D eigenvalue weighted by atomic mass is 16.7. The van der Waals surface area contributed by atoms with E-state index >= 15 is 0 Å². The molecule has 0 aliphatic carbocycles. The van der Waals surface area contributed by atoms with E-state index in [9.17, 15) is 9.59 Å². The van der Waals surface area contributed by atoms with Gasteiger partial charge in [-0.15, -0.1) is 5.10 Å². The Bertz CT molecular complexity index is 1670. The summed E-state index contributed by atoms with van der Waals surface area (Å²) in [5.41, 5.74) is 4.62. The van der Waals surface area contributed by atoms with Crippen LogP contribution in [0.3, 0.4) is 0 Å². The highest BCUT2D eigenvalue weighted by Gasteiger charge is 2.32. The van der Waals surface area contributed by atoms with Crippen molar-refractivity contribution in [3.63, 3.8) is 0 Å². The van der Waals surface area contributed by atoms with Crippen molar-refractivity contribution in [2.45, 2.75) is 26.1 Å². The number of hydrogen-bond donors (Lipinski definition) is 1. The third-order valence-corrected chi connectivity index (χ3v) is 6.81. The van der Waals surface area contributed by atoms with E-state index in [1.54, 1.807) is 27.8 Å². The zero-order chi connectivity index (χ0) is 27.5. The fourth-order valence-electron chi connectivity index (χ4n) is 4.76. The standard InChI is InChI=1S/C31H27N5O4/c1-21-11-13-23(14-12-21)30(31(38)32-24-15-16-27-28(17-24)40-20-39-27)35(18-22-7-3-2-4-8-22)29(37)19-36-26-10-6-5-9-25(26)33-34-36/h2-17,30H,18-20H2,1H3,(H,32,38). The van der Waals surface area contributed by atoms with Gasteiger partial charge in [0.25, 0.3) is 5.91 Å². The van der Waals surface area contributed by atoms with Gasteiger partial charge in [0.1, 0.15) is 18.1 Å². The molecule has 1 aliphatic rings. The molecule has 0 bridgehead atoms. The van der Waals surface area contributed by atoms with Crippen LogP contribution in [0.15, 0.2) is 97.1 Å². The number of nitrogens with zero attached hydrogens (tertiary/aromatic N) is 4. The summed E-state index contributed by atoms with van der Waals surface area (Å²) in [6, 6.07) is 29.0. The second kappa shape index (κ2) is 10.9. The fraction of sp³-hybridized carbons (Fsp3) is 0.161. The zero-order valence-electron chi connectivity index (χ0n) is 21.9. The van der Waals surface area contributed by atoms with Crippen molar-refractivity contribution in [3.8, 4) is 11.5 Å². The molecule has 1 aromatic heterocycles. The molecule has 5 aromatic rings. The summed E-state index contributed by atoms with van der Waals surface area (Å²) >= 11 is 0. The van der Waals surface area contributed by atoms with Crippen LogP contribution in [0.2, 0.25) is 0 Å². The molecule has 0 spiro atoms. The molecule has 0 radical (unpaired) electrons. The first-order valence-electron chi connectivity index (χ1n) is 12.9. The van der Waals surface area contributed by atoms with Crippen LogP contribution in [-0.2, 0) is 22.7 Å². The molecule has 2 amide bonds. The fourth-order valence-corrected chi connectivity index (χ4v) is 4.76. The van der Waals surface area contributed by atoms with E-state index in [1.807, 2.05) is 85.8 Å². The van der Waals surface area contributed by atoms with Gasteiger partial charge in [0.15, 0.2) is 11.5 Å². The first-order chi connectivity index (χ1) is 19.5. The molecule has 0 fully saturated rings. The summed E-state index contributed by atoms with van der Waals surface area (Å²) in [5, 5.41) is 11.4. The number of nitrogens with one attached hydrogen (secondary N) is 1. The highest BCUT2D eigenvalue weighted by Crippen LogP contribution is 2.35. The van der Waals surface area contributed by atoms with E-state index in [2.05, 4.69) is 15.6 Å². The van der Waals surface area contributed by atoms with Crippen molar-refractivity contribution in [3.05, 3.63) is 114 Å². The third-order valence-electron chi connectivity index (χ3n) is 6.81. The van der Waals surface area contributed by atoms with E-state index in [0.717, 1.165) is 16.6 Å². The number of aromatic nitrogens is 3. The average molecular weight is 534 g/mol. The number of anilines is 1. The summed E-state index contributed by atoms with van der Waals surface area (Å²) in [6.07, 6.45) is 0. The van der Waals surface area contributed by atoms with Crippen LogP contribution in [0.25, 0.3) is 11.0 Å². The molecule has 1 aliphatic heterocycles. The number of amides is 2. The van der Waals surface area contributed by atoms with Crippen LogP contribution in [0, 0.1) is 6.92 Å². The Morgan fingerprint density at radius 1 is 0.925 bits per heavy atom. The molecule has 9 heteroatoms. The lowest BCUT2D eigenvalue weighted by molar-refractivity contribution is -0.140. The molecular formula is C31H27N5O4. The Morgan fingerprint density at radius 3 is 2.50 bits per heavy atom. The minimum atomic E-state index is -0.923. The first kappa shape index (κ1) is 25.1. The summed E-state index contributed by atoms with van der Waals surface area (Å²) in [7, 11) is 0. The number of hydrogen-bond acceptors (Lipinski definition) is 6. The lowest BCUT2D eigenvalue weighted by atomic mass is 10.0. The molecule has 40 heavy (non-hydrogen) atoms. The van der Waals surface area contributed by atoms with Crippen molar-refractivity contribution in [2.24, 2.45) is 0 Å². The summed E-state index contributed by atoms with van der Waals surface area (Å²) in [4.78, 5) is 29.7. The SMILES string of the molecule is Cc1ccc(C(C(=O)Nc2ccc3c(c2)OCO3)N(Cc2ccccc2)C(=O)Cn2nnc3ccccc32)cc1. The maximum Gasteiger partial charge on any atom is 0.251 e. The average Bonchev–Trinajstić information content (AvgIpc) is 3.61. The number of aryl methyl sites for hydroxylation is 1. The van der Waals surface area contributed by atoms with E-state index in [0.29, 0.717) is 28.3 Å². The van der Waals surface area contributed by atoms with Crippen molar-refractivity contribution in [2.75, 3.05) is 12.1 Å². The minimum absolute atomic E-state index is 0.0764. The summed E-state index contributed by atoms with van der Waals surface area (Å²) in [5.74, 6) is 0.551. The van der Waals surface area contributed by atoms with Crippen LogP contribution < -0.4 is 14.8 Å². The maximum absolute atomic E-state index is 14.1. The molecular weight excluding hydrogens is 506 g/mol. The summed E-state index contributed by atoms with van der Waals surface area (Å²) in [6.45, 7) is 2.26. The van der Waals surface area contributed by atoms with Crippen LogP contribution in [0.4, 0.5) is 5.69 Å². The van der Waals surface area contributed by atoms with Crippen molar-refractivity contribution >= 4 is 28.5 Å². The Labute approximate surface area is 230 Å². The van der Waals surface area contributed by atoms with Gasteiger partial charge in [-0.2, -0.15) is 0 Å². The van der Waals surface area contributed by atoms with Gasteiger partial charge >= 0.3 is 0 Å². The van der Waals surface area contributed by atoms with Gasteiger partial charge in [-0.25, -0.2) is 4.68 Å². The predicted molar refractivity (Wildman–Crippen MR) is 150 cm³/mol. The summed E-state index contributed by atoms with van der Waals surface area (Å²) < 4.78 is 12.5. The topological polar surface area (TPSA) is 98.6 Å². The van der Waals surface area contributed by atoms with Gasteiger partial charge in [0.2, 0.25) is 12.7 Å². The molecule has 1 N–H and O–H groups in total. The number of fused-ring (bicyclic) bond motifs is 2. The highest BCUT2D eigenvalue weighted by molar-refractivity contribution is 5.98. The van der Waals surface area contributed by atoms with Gasteiger partial charge in [-0.05, 0) is 42.3 Å². The van der Waals surface area contributed by atoms with Gasteiger partial charge in [0, 0.05) is 18.3 Å². The van der Waals surface area contributed by atoms with Crippen LogP contribution in [0.1, 0.15) is 22.7 Å². The Balaban J connectivity index is 1.37. The van der Waals surface area contributed by atoms with Gasteiger partial charge in [-0.1, -0.05) is 77.5 Å². The minimum Gasteiger partial charge on any atom is -0.454 e. The maximum atomic E-state index is 14.1. The number of para-hydroxylation sites is 1. The van der Waals surface area contributed by atoms with Crippen molar-refractivity contribution in [1.82, 2.24) is 19.9 Å². The predicted octanol–water partition coefficient (Wildman–Crippen LogP) is 4.88. The van der Waals surface area contributed by atoms with Crippen LogP contribution in [-0.4, -0.2) is 38.5 Å². The molecule has 4 aromatic carbocycles. The molecule has 0 saturated carbocycles. The van der Waals surface area contributed by atoms with Crippen LogP contribution in [0.5, 0.6) is 11.5 Å². The van der Waals surface area contributed by atoms with Gasteiger partial charge in [-0.3, -0.25) is 9.59 Å². The number of rotatable bonds is 8. The lowest BCUT2D eigenvalue weighted by Crippen LogP contribution is -2.42. The molecule has 1 unspecified atom stereocenters. The quantitative estimate of drug-likeness (QED) is 0.305. The monoisotopic (exact) mass is 533 g/mol. The third kappa shape index (κ3) is 5.22. The van der Waals surface area contributed by atoms with E-state index in [4.69, 9.17) is 9.47 Å². The number of benzene rings is 4. The number of ether oxygens (including phenoxy) is 2. The molecule has 1 atom stereocenters. The Kier molecular flexibility index (Phi) is 6.84. The number of carbonyl (C=O) groups excluding carboxylic acids is 2. The molecule has 6 rings (SSSR count). The second-order valence-corrected chi connectivity index (χ2v) is 9.61. The Hall–Kier alpha value is -5.18. The number of carbonyl (C=O) groups is 2. The smallest absolute Gasteiger partial charge is 0.251 e. The molecule has 200 valence electrons. The zero-order valence-corrected chi connectivity index (χ0v) is 21.9. The molecule has 0 saturated heterocycles. The van der Waals surface area contributed by atoms with E-state index in [-0.39, 0.29) is 31.7 Å². The van der Waals surface area contributed by atoms with Gasteiger partial charge < -0.3 is 19.7 Å². The van der Waals surface area contributed by atoms with Gasteiger partial charge in [0.05, 0.1) is 5.52 Å². The van der Waals surface area contributed by atoms with Crippen molar-refractivity contribution < 1.29 is 19.1 Å². The van der Waals surface area contributed by atoms with Crippen molar-refractivity contribution in [1.29, 1.82) is 0 Å². The van der Waals surface area contributed by atoms with E-state index < -0.39 is 6.04 Å². The molecule has 9 nitrogen and oxygen atoms in total. The molecule has 2 heterocycles. The Morgan fingerprint density at radius 2 is 1.68 bits per heavy atom. The normalized spacial score (nSPS) is 12.7. The first-order valence-corrected chi connectivity index (χ1v) is 12.9. The lowest BCUT2D eigenvalue weighted by Gasteiger charge is -2.32.